The largest absolute Gasteiger partial charge is 0.311 e. The first-order chi connectivity index (χ1) is 5.77. The van der Waals surface area contributed by atoms with Crippen LogP contribution >= 0.6 is 0 Å². The molecule has 0 aliphatic carbocycles. The van der Waals surface area contributed by atoms with Crippen molar-refractivity contribution < 1.29 is 0 Å². The van der Waals surface area contributed by atoms with Crippen molar-refractivity contribution in [3.63, 3.8) is 0 Å². The molecule has 0 atom stereocenters. The van der Waals surface area contributed by atoms with E-state index in [1.54, 1.807) is 0 Å². The number of hydrogen-bond acceptors (Lipinski definition) is 3. The Hall–Kier alpha value is -0.960. The molecule has 1 aliphatic rings. The highest BCUT2D eigenvalue weighted by Crippen LogP contribution is 2.11. The molecule has 1 aromatic heterocycles. The quantitative estimate of drug-likeness (QED) is 0.613. The minimum Gasteiger partial charge on any atom is -0.311 e. The third kappa shape index (κ3) is 1.20. The van der Waals surface area contributed by atoms with Crippen molar-refractivity contribution in [3.05, 3.63) is 22.8 Å². The molecule has 3 nitrogen and oxygen atoms in total. The van der Waals surface area contributed by atoms with Gasteiger partial charge in [-0.05, 0) is 13.8 Å². The summed E-state index contributed by atoms with van der Waals surface area (Å²) in [5.74, 6) is 0. The molecule has 0 amide bonds. The topological polar surface area (TPSA) is 37.8 Å². The molecule has 3 heteroatoms. The molecule has 0 radical (unpaired) electrons. The fraction of sp³-hybridized carbons (Fsp3) is 0.556. The molecule has 0 fully saturated rings. The second kappa shape index (κ2) is 2.83. The lowest BCUT2D eigenvalue weighted by atomic mass is 10.1. The second-order valence-corrected chi connectivity index (χ2v) is 3.21. The summed E-state index contributed by atoms with van der Waals surface area (Å²) in [4.78, 5) is 9.00. The van der Waals surface area contributed by atoms with E-state index >= 15 is 0 Å². The number of nitrogens with one attached hydrogen (secondary N) is 1. The van der Waals surface area contributed by atoms with Gasteiger partial charge in [-0.1, -0.05) is 0 Å². The van der Waals surface area contributed by atoms with Crippen LogP contribution in [0, 0.1) is 13.8 Å². The Labute approximate surface area is 72.2 Å². The van der Waals surface area contributed by atoms with Crippen LogP contribution in [0.15, 0.2) is 0 Å². The van der Waals surface area contributed by atoms with Crippen LogP contribution in [-0.2, 0) is 13.0 Å². The molecule has 0 saturated heterocycles. The van der Waals surface area contributed by atoms with Crippen LogP contribution in [0.3, 0.4) is 0 Å². The van der Waals surface area contributed by atoms with Gasteiger partial charge in [-0.25, -0.2) is 0 Å². The standard InChI is InChI=1S/C9H13N3/c1-6-7(2)12-9-5-10-4-3-8(9)11-6/h10H,3-5H2,1-2H3. The number of fused-ring (bicyclic) bond motifs is 1. The lowest BCUT2D eigenvalue weighted by Gasteiger charge is -2.16. The maximum absolute atomic E-state index is 4.51. The minimum absolute atomic E-state index is 0.878. The summed E-state index contributed by atoms with van der Waals surface area (Å²) in [5, 5.41) is 3.29. The minimum atomic E-state index is 0.878. The Balaban J connectivity index is 2.49. The monoisotopic (exact) mass is 163 g/mol. The van der Waals surface area contributed by atoms with E-state index in [0.717, 1.165) is 36.6 Å². The second-order valence-electron chi connectivity index (χ2n) is 3.21. The van der Waals surface area contributed by atoms with E-state index in [0.29, 0.717) is 0 Å². The first-order valence-electron chi connectivity index (χ1n) is 4.31. The summed E-state index contributed by atoms with van der Waals surface area (Å²) in [6.45, 7) is 5.94. The molecular formula is C9H13N3. The molecule has 0 aromatic carbocycles. The summed E-state index contributed by atoms with van der Waals surface area (Å²) in [5.41, 5.74) is 4.43. The van der Waals surface area contributed by atoms with Crippen molar-refractivity contribution in [1.82, 2.24) is 15.3 Å². The van der Waals surface area contributed by atoms with Crippen molar-refractivity contribution in [2.45, 2.75) is 26.8 Å². The first kappa shape index (κ1) is 7.68. The molecular weight excluding hydrogens is 150 g/mol. The Kier molecular flexibility index (Phi) is 1.81. The van der Waals surface area contributed by atoms with Gasteiger partial charge in [-0.2, -0.15) is 0 Å². The van der Waals surface area contributed by atoms with Gasteiger partial charge in [0.25, 0.3) is 0 Å². The van der Waals surface area contributed by atoms with Crippen LogP contribution in [0.5, 0.6) is 0 Å². The highest BCUT2D eigenvalue weighted by Gasteiger charge is 2.12. The molecule has 2 rings (SSSR count). The zero-order valence-corrected chi connectivity index (χ0v) is 7.52. The number of aromatic nitrogens is 2. The Morgan fingerprint density at radius 2 is 1.75 bits per heavy atom. The molecule has 1 N–H and O–H groups in total. The average molecular weight is 163 g/mol. The van der Waals surface area contributed by atoms with Gasteiger partial charge in [-0.3, -0.25) is 9.97 Å². The van der Waals surface area contributed by atoms with E-state index in [4.69, 9.17) is 0 Å². The van der Waals surface area contributed by atoms with Gasteiger partial charge in [0.05, 0.1) is 22.8 Å². The van der Waals surface area contributed by atoms with E-state index in [2.05, 4.69) is 15.3 Å². The molecule has 1 aromatic rings. The van der Waals surface area contributed by atoms with E-state index in [1.165, 1.54) is 5.69 Å². The van der Waals surface area contributed by atoms with E-state index in [1.807, 2.05) is 13.8 Å². The van der Waals surface area contributed by atoms with Crippen LogP contribution < -0.4 is 5.32 Å². The third-order valence-corrected chi connectivity index (χ3v) is 2.29. The normalized spacial score (nSPS) is 15.8. The first-order valence-corrected chi connectivity index (χ1v) is 4.31. The smallest absolute Gasteiger partial charge is 0.0760 e. The molecule has 0 spiro atoms. The fourth-order valence-corrected chi connectivity index (χ4v) is 1.45. The van der Waals surface area contributed by atoms with Crippen LogP contribution in [0.2, 0.25) is 0 Å². The van der Waals surface area contributed by atoms with Crippen molar-refractivity contribution >= 4 is 0 Å². The zero-order chi connectivity index (χ0) is 8.55. The molecule has 1 aliphatic heterocycles. The van der Waals surface area contributed by atoms with Gasteiger partial charge in [0.2, 0.25) is 0 Å². The molecule has 0 unspecified atom stereocenters. The van der Waals surface area contributed by atoms with Crippen LogP contribution in [-0.4, -0.2) is 16.5 Å². The predicted molar refractivity (Wildman–Crippen MR) is 46.9 cm³/mol. The number of hydrogen-bond donors (Lipinski definition) is 1. The van der Waals surface area contributed by atoms with Crippen molar-refractivity contribution in [2.75, 3.05) is 6.54 Å². The van der Waals surface area contributed by atoms with Crippen LogP contribution in [0.4, 0.5) is 0 Å². The molecule has 2 heterocycles. The number of rotatable bonds is 0. The van der Waals surface area contributed by atoms with E-state index < -0.39 is 0 Å². The molecule has 12 heavy (non-hydrogen) atoms. The summed E-state index contributed by atoms with van der Waals surface area (Å²) in [7, 11) is 0. The SMILES string of the molecule is Cc1nc2c(nc1C)CNCC2. The molecule has 64 valence electrons. The van der Waals surface area contributed by atoms with Crippen molar-refractivity contribution in [2.24, 2.45) is 0 Å². The highest BCUT2D eigenvalue weighted by molar-refractivity contribution is 5.20. The van der Waals surface area contributed by atoms with Crippen molar-refractivity contribution in [1.29, 1.82) is 0 Å². The highest BCUT2D eigenvalue weighted by atomic mass is 14.9. The van der Waals surface area contributed by atoms with Gasteiger partial charge in [-0.15, -0.1) is 0 Å². The molecule has 0 bridgehead atoms. The van der Waals surface area contributed by atoms with Gasteiger partial charge in [0.15, 0.2) is 0 Å². The van der Waals surface area contributed by atoms with Crippen LogP contribution in [0.1, 0.15) is 22.8 Å². The van der Waals surface area contributed by atoms with Gasteiger partial charge >= 0.3 is 0 Å². The third-order valence-electron chi connectivity index (χ3n) is 2.29. The lowest BCUT2D eigenvalue weighted by Crippen LogP contribution is -2.26. The Bertz CT molecular complexity index is 276. The zero-order valence-electron chi connectivity index (χ0n) is 7.52. The lowest BCUT2D eigenvalue weighted by molar-refractivity contribution is 0.607. The summed E-state index contributed by atoms with van der Waals surface area (Å²) >= 11 is 0. The van der Waals surface area contributed by atoms with E-state index in [9.17, 15) is 0 Å². The summed E-state index contributed by atoms with van der Waals surface area (Å²) in [6.07, 6.45) is 1.02. The van der Waals surface area contributed by atoms with Gasteiger partial charge < -0.3 is 5.32 Å². The Morgan fingerprint density at radius 3 is 2.50 bits per heavy atom. The maximum atomic E-state index is 4.51. The van der Waals surface area contributed by atoms with Gasteiger partial charge in [0.1, 0.15) is 0 Å². The molecule has 0 saturated carbocycles. The number of aryl methyl sites for hydroxylation is 2. The van der Waals surface area contributed by atoms with E-state index in [-0.39, 0.29) is 0 Å². The summed E-state index contributed by atoms with van der Waals surface area (Å²) < 4.78 is 0. The van der Waals surface area contributed by atoms with Gasteiger partial charge in [0, 0.05) is 19.5 Å². The fourth-order valence-electron chi connectivity index (χ4n) is 1.45. The summed E-state index contributed by atoms with van der Waals surface area (Å²) in [6, 6.07) is 0. The number of nitrogens with zero attached hydrogens (tertiary/aromatic N) is 2. The Morgan fingerprint density at radius 1 is 1.08 bits per heavy atom. The average Bonchev–Trinajstić information content (AvgIpc) is 2.07. The predicted octanol–water partition coefficient (Wildman–Crippen LogP) is 0.739. The van der Waals surface area contributed by atoms with Crippen LogP contribution in [0.25, 0.3) is 0 Å². The maximum Gasteiger partial charge on any atom is 0.0760 e. The van der Waals surface area contributed by atoms with Crippen molar-refractivity contribution in [3.8, 4) is 0 Å².